The number of carbonyl (C=O) groups is 1. The SMILES string of the molecule is COC(=O)CCC1C(C)(C(C)=NNc2ccc([N+](=O)[O-])cc2[N+](=O)[O-])CCC2C1(C)CCC1(C)C3CC(C)(C)CCC3(C)CCC21C. The van der Waals surface area contributed by atoms with Crippen LogP contribution in [0.5, 0.6) is 0 Å². The predicted molar refractivity (Wildman–Crippen MR) is 184 cm³/mol. The van der Waals surface area contributed by atoms with Crippen molar-refractivity contribution in [3.8, 4) is 0 Å². The Hall–Kier alpha value is -3.04. The quantitative estimate of drug-likeness (QED) is 0.128. The molecule has 0 aromatic heterocycles. The standard InChI is InChI=1S/C37H56N4O6/c1-24(38-39-26-11-10-25(40(43)44)22-27(26)41(45)46)34(5)15-14-29-35(6,28(34)12-13-31(42)47-9)19-21-37(8)30-23-32(2,3)16-17-33(30,4)18-20-36(29,37)7/h10-11,22,28-30,39H,12-21,23H2,1-9H3. The van der Waals surface area contributed by atoms with Gasteiger partial charge in [0.15, 0.2) is 0 Å². The molecule has 10 heteroatoms. The van der Waals surface area contributed by atoms with Crippen molar-refractivity contribution in [2.24, 2.45) is 55.3 Å². The molecule has 4 saturated carbocycles. The van der Waals surface area contributed by atoms with Gasteiger partial charge in [-0.05, 0) is 122 Å². The molecule has 4 fully saturated rings. The molecule has 1 N–H and O–H groups in total. The molecule has 0 bridgehead atoms. The molecule has 0 amide bonds. The molecule has 0 spiro atoms. The number of fused-ring (bicyclic) bond motifs is 5. The van der Waals surface area contributed by atoms with Crippen LogP contribution in [-0.2, 0) is 9.53 Å². The number of hydrazone groups is 1. The van der Waals surface area contributed by atoms with Gasteiger partial charge in [0.1, 0.15) is 5.69 Å². The van der Waals surface area contributed by atoms with E-state index in [0.717, 1.165) is 31.0 Å². The second-order valence-corrected chi connectivity index (χ2v) is 17.6. The van der Waals surface area contributed by atoms with Crippen LogP contribution in [0.2, 0.25) is 0 Å². The number of nitrogens with one attached hydrogen (secondary N) is 1. The van der Waals surface area contributed by atoms with E-state index in [2.05, 4.69) is 53.9 Å². The van der Waals surface area contributed by atoms with Crippen LogP contribution in [0.3, 0.4) is 0 Å². The van der Waals surface area contributed by atoms with Gasteiger partial charge in [0.2, 0.25) is 0 Å². The molecular formula is C37H56N4O6. The van der Waals surface area contributed by atoms with Gasteiger partial charge in [-0.3, -0.25) is 30.4 Å². The lowest BCUT2D eigenvalue weighted by Crippen LogP contribution is -2.67. The Labute approximate surface area is 280 Å². The van der Waals surface area contributed by atoms with Gasteiger partial charge in [0.25, 0.3) is 5.69 Å². The third-order valence-electron chi connectivity index (χ3n) is 14.9. The van der Waals surface area contributed by atoms with Crippen LogP contribution in [-0.4, -0.2) is 28.6 Å². The number of hydrogen-bond acceptors (Lipinski definition) is 8. The van der Waals surface area contributed by atoms with Gasteiger partial charge >= 0.3 is 11.7 Å². The minimum absolute atomic E-state index is 0.0384. The van der Waals surface area contributed by atoms with Gasteiger partial charge in [-0.1, -0.05) is 48.5 Å². The van der Waals surface area contributed by atoms with Crippen LogP contribution in [0, 0.1) is 70.5 Å². The summed E-state index contributed by atoms with van der Waals surface area (Å²) in [6.07, 6.45) is 11.6. The highest BCUT2D eigenvalue weighted by Crippen LogP contribution is 2.77. The molecule has 10 nitrogen and oxygen atoms in total. The third-order valence-corrected chi connectivity index (χ3v) is 14.9. The second-order valence-electron chi connectivity index (χ2n) is 17.6. The average molecular weight is 653 g/mol. The summed E-state index contributed by atoms with van der Waals surface area (Å²) in [5.41, 5.74) is 3.84. The van der Waals surface area contributed by atoms with Gasteiger partial charge in [-0.15, -0.1) is 0 Å². The lowest BCUT2D eigenvalue weighted by Gasteiger charge is -2.74. The fourth-order valence-corrected chi connectivity index (χ4v) is 11.7. The third kappa shape index (κ3) is 5.65. The van der Waals surface area contributed by atoms with Crippen LogP contribution in [0.4, 0.5) is 17.1 Å². The number of nitrogens with zero attached hydrogens (tertiary/aromatic N) is 3. The monoisotopic (exact) mass is 652 g/mol. The zero-order valence-corrected chi connectivity index (χ0v) is 30.0. The summed E-state index contributed by atoms with van der Waals surface area (Å²) >= 11 is 0. The Morgan fingerprint density at radius 1 is 0.915 bits per heavy atom. The van der Waals surface area contributed by atoms with E-state index < -0.39 is 15.5 Å². The number of carbonyl (C=O) groups excluding carboxylic acids is 1. The molecule has 0 aliphatic heterocycles. The van der Waals surface area contributed by atoms with E-state index in [9.17, 15) is 25.0 Å². The molecule has 47 heavy (non-hydrogen) atoms. The number of rotatable bonds is 8. The number of methoxy groups -OCH3 is 1. The number of non-ortho nitro benzene ring substituents is 1. The largest absolute Gasteiger partial charge is 0.469 e. The number of benzene rings is 1. The first-order valence-corrected chi connectivity index (χ1v) is 17.6. The van der Waals surface area contributed by atoms with Crippen molar-refractivity contribution in [1.82, 2.24) is 0 Å². The first-order chi connectivity index (χ1) is 21.8. The Kier molecular flexibility index (Phi) is 8.88. The zero-order valence-electron chi connectivity index (χ0n) is 30.0. The lowest BCUT2D eigenvalue weighted by molar-refractivity contribution is -0.393. The molecule has 0 saturated heterocycles. The minimum Gasteiger partial charge on any atom is -0.469 e. The summed E-state index contributed by atoms with van der Waals surface area (Å²) in [6.45, 7) is 19.4. The number of hydrogen-bond donors (Lipinski definition) is 1. The second kappa shape index (κ2) is 11.8. The lowest BCUT2D eigenvalue weighted by atomic mass is 9.31. The van der Waals surface area contributed by atoms with Gasteiger partial charge in [-0.2, -0.15) is 5.10 Å². The van der Waals surface area contributed by atoms with E-state index in [1.165, 1.54) is 57.8 Å². The van der Waals surface area contributed by atoms with Crippen molar-refractivity contribution in [3.05, 3.63) is 38.4 Å². The maximum Gasteiger partial charge on any atom is 0.305 e. The zero-order chi connectivity index (χ0) is 34.8. The summed E-state index contributed by atoms with van der Waals surface area (Å²) in [5.74, 6) is 1.11. The van der Waals surface area contributed by atoms with Gasteiger partial charge in [-0.25, -0.2) is 0 Å². The van der Waals surface area contributed by atoms with Crippen LogP contribution in [0.1, 0.15) is 126 Å². The first kappa shape index (κ1) is 35.3. The van der Waals surface area contributed by atoms with Crippen molar-refractivity contribution in [2.75, 3.05) is 12.5 Å². The summed E-state index contributed by atoms with van der Waals surface area (Å²) in [6, 6.07) is 3.55. The highest BCUT2D eigenvalue weighted by molar-refractivity contribution is 5.89. The predicted octanol–water partition coefficient (Wildman–Crippen LogP) is 9.72. The smallest absolute Gasteiger partial charge is 0.305 e. The van der Waals surface area contributed by atoms with E-state index in [4.69, 9.17) is 9.84 Å². The highest BCUT2D eigenvalue weighted by atomic mass is 16.6. The number of nitro benzene ring substituents is 2. The molecule has 8 atom stereocenters. The van der Waals surface area contributed by atoms with Crippen molar-refractivity contribution in [2.45, 2.75) is 126 Å². The van der Waals surface area contributed by atoms with Crippen molar-refractivity contribution in [1.29, 1.82) is 0 Å². The summed E-state index contributed by atoms with van der Waals surface area (Å²) in [7, 11) is 1.44. The van der Waals surface area contributed by atoms with Gasteiger partial charge in [0, 0.05) is 23.6 Å². The van der Waals surface area contributed by atoms with E-state index in [0.29, 0.717) is 35.5 Å². The van der Waals surface area contributed by atoms with E-state index in [-0.39, 0.29) is 44.9 Å². The number of ether oxygens (including phenoxy) is 1. The molecule has 5 rings (SSSR count). The molecule has 1 aromatic carbocycles. The van der Waals surface area contributed by atoms with Gasteiger partial charge < -0.3 is 4.74 Å². The summed E-state index contributed by atoms with van der Waals surface area (Å²) < 4.78 is 5.12. The van der Waals surface area contributed by atoms with Gasteiger partial charge in [0.05, 0.1) is 23.0 Å². The van der Waals surface area contributed by atoms with Crippen molar-refractivity contribution in [3.63, 3.8) is 0 Å². The molecule has 0 heterocycles. The van der Waals surface area contributed by atoms with E-state index >= 15 is 0 Å². The highest BCUT2D eigenvalue weighted by Gasteiger charge is 2.70. The van der Waals surface area contributed by atoms with Crippen LogP contribution < -0.4 is 5.43 Å². The Morgan fingerprint density at radius 2 is 1.55 bits per heavy atom. The maximum atomic E-state index is 12.6. The molecule has 0 radical (unpaired) electrons. The topological polar surface area (TPSA) is 137 Å². The number of esters is 1. The molecule has 1 aromatic rings. The normalized spacial score (nSPS) is 39.5. The summed E-state index contributed by atoms with van der Waals surface area (Å²) in [4.78, 5) is 34.4. The molecule has 4 aliphatic rings. The van der Waals surface area contributed by atoms with Crippen molar-refractivity contribution >= 4 is 28.7 Å². The summed E-state index contributed by atoms with van der Waals surface area (Å²) in [5, 5.41) is 27.8. The number of nitro groups is 2. The van der Waals surface area contributed by atoms with E-state index in [1.807, 2.05) is 6.92 Å². The Bertz CT molecular complexity index is 1480. The van der Waals surface area contributed by atoms with Crippen LogP contribution >= 0.6 is 0 Å². The fraction of sp³-hybridized carbons (Fsp3) is 0.784. The van der Waals surface area contributed by atoms with Crippen LogP contribution in [0.15, 0.2) is 23.3 Å². The minimum atomic E-state index is -0.644. The molecule has 4 aliphatic carbocycles. The Balaban J connectivity index is 1.51. The van der Waals surface area contributed by atoms with Crippen LogP contribution in [0.25, 0.3) is 0 Å². The molecule has 8 unspecified atom stereocenters. The fourth-order valence-electron chi connectivity index (χ4n) is 11.7. The van der Waals surface area contributed by atoms with E-state index in [1.54, 1.807) is 0 Å². The first-order valence-electron chi connectivity index (χ1n) is 17.6. The Morgan fingerprint density at radius 3 is 2.19 bits per heavy atom. The number of anilines is 1. The molecule has 260 valence electrons. The van der Waals surface area contributed by atoms with Crippen molar-refractivity contribution < 1.29 is 19.4 Å². The average Bonchev–Trinajstić information content (AvgIpc) is 3.01. The maximum absolute atomic E-state index is 12.6. The molecular weight excluding hydrogens is 596 g/mol.